The van der Waals surface area contributed by atoms with Crippen molar-refractivity contribution in [1.29, 1.82) is 0 Å². The van der Waals surface area contributed by atoms with Crippen LogP contribution >= 0.6 is 0 Å². The van der Waals surface area contributed by atoms with Gasteiger partial charge in [-0.25, -0.2) is 4.98 Å². The maximum absolute atomic E-state index is 11.1. The van der Waals surface area contributed by atoms with Gasteiger partial charge in [0.25, 0.3) is 0 Å². The van der Waals surface area contributed by atoms with E-state index in [0.717, 1.165) is 5.39 Å². The quantitative estimate of drug-likeness (QED) is 0.622. The summed E-state index contributed by atoms with van der Waals surface area (Å²) in [5, 5.41) is 7.63. The molecule has 17 heavy (non-hydrogen) atoms. The zero-order valence-corrected chi connectivity index (χ0v) is 9.36. The molecule has 5 heteroatoms. The maximum atomic E-state index is 11.1. The van der Waals surface area contributed by atoms with Crippen LogP contribution in [0.2, 0.25) is 0 Å². The molecule has 1 N–H and O–H groups in total. The maximum Gasteiger partial charge on any atom is 0.317 e. The zero-order valence-electron chi connectivity index (χ0n) is 9.36. The first-order valence-corrected chi connectivity index (χ1v) is 5.25. The summed E-state index contributed by atoms with van der Waals surface area (Å²) in [5.41, 5.74) is 1.28. The van der Waals surface area contributed by atoms with Gasteiger partial charge >= 0.3 is 5.97 Å². The molecule has 0 fully saturated rings. The molecule has 0 unspecified atom stereocenters. The van der Waals surface area contributed by atoms with Crippen molar-refractivity contribution < 1.29 is 9.53 Å². The van der Waals surface area contributed by atoms with E-state index in [4.69, 9.17) is 4.74 Å². The molecule has 0 saturated heterocycles. The van der Waals surface area contributed by atoms with Gasteiger partial charge in [0.2, 0.25) is 0 Å². The Morgan fingerprint density at radius 3 is 3.29 bits per heavy atom. The Labute approximate surface area is 98.2 Å². The van der Waals surface area contributed by atoms with E-state index in [9.17, 15) is 4.79 Å². The molecule has 0 aromatic carbocycles. The lowest BCUT2D eigenvalue weighted by atomic mass is 10.2. The molecule has 0 radical (unpaired) electrons. The molecule has 0 aliphatic rings. The van der Waals surface area contributed by atoms with Gasteiger partial charge in [0.05, 0.1) is 12.0 Å². The Morgan fingerprint density at radius 2 is 2.47 bits per heavy atom. The van der Waals surface area contributed by atoms with Gasteiger partial charge < -0.3 is 4.74 Å². The van der Waals surface area contributed by atoms with Crippen LogP contribution in [0.3, 0.4) is 0 Å². The fourth-order valence-corrected chi connectivity index (χ4v) is 1.36. The standard InChI is InChI=1S/C12H11N3O2/c1-2-17-11(16)7-3-6-10-9-5-4-8-13-12(9)15-14-10/h4-5,8H,2,7H2,1H3,(H,13,14,15). The van der Waals surface area contributed by atoms with Crippen molar-refractivity contribution in [3.63, 3.8) is 0 Å². The van der Waals surface area contributed by atoms with Gasteiger partial charge in [0, 0.05) is 6.20 Å². The van der Waals surface area contributed by atoms with Crippen LogP contribution in [0.5, 0.6) is 0 Å². The van der Waals surface area contributed by atoms with Gasteiger partial charge in [-0.15, -0.1) is 0 Å². The van der Waals surface area contributed by atoms with E-state index in [1.807, 2.05) is 12.1 Å². The molecule has 2 heterocycles. The van der Waals surface area contributed by atoms with Gasteiger partial charge in [-0.3, -0.25) is 9.89 Å². The Bertz CT molecular complexity index is 592. The number of carbonyl (C=O) groups is 1. The van der Waals surface area contributed by atoms with Crippen molar-refractivity contribution >= 4 is 17.0 Å². The Hall–Kier alpha value is -2.35. The summed E-state index contributed by atoms with van der Waals surface area (Å²) in [7, 11) is 0. The van der Waals surface area contributed by atoms with E-state index in [1.54, 1.807) is 13.1 Å². The number of rotatable bonds is 2. The largest absolute Gasteiger partial charge is 0.465 e. The number of aromatic nitrogens is 3. The molecule has 0 bridgehead atoms. The minimum atomic E-state index is -0.318. The molecule has 0 aliphatic carbocycles. The van der Waals surface area contributed by atoms with E-state index in [-0.39, 0.29) is 12.4 Å². The number of nitrogens with one attached hydrogen (secondary N) is 1. The van der Waals surface area contributed by atoms with Crippen molar-refractivity contribution in [3.8, 4) is 11.8 Å². The van der Waals surface area contributed by atoms with Gasteiger partial charge in [-0.1, -0.05) is 5.92 Å². The molecular formula is C12H11N3O2. The zero-order chi connectivity index (χ0) is 12.1. The van der Waals surface area contributed by atoms with Crippen molar-refractivity contribution in [2.75, 3.05) is 6.61 Å². The predicted molar refractivity (Wildman–Crippen MR) is 62.0 cm³/mol. The molecule has 0 spiro atoms. The van der Waals surface area contributed by atoms with E-state index in [1.165, 1.54) is 0 Å². The molecule has 0 atom stereocenters. The first-order chi connectivity index (χ1) is 8.31. The van der Waals surface area contributed by atoms with E-state index < -0.39 is 0 Å². The second-order valence-electron chi connectivity index (χ2n) is 3.26. The van der Waals surface area contributed by atoms with Gasteiger partial charge in [-0.05, 0) is 25.0 Å². The Morgan fingerprint density at radius 1 is 1.59 bits per heavy atom. The summed E-state index contributed by atoms with van der Waals surface area (Å²) < 4.78 is 4.77. The molecule has 0 saturated carbocycles. The van der Waals surface area contributed by atoms with Crippen molar-refractivity contribution in [1.82, 2.24) is 15.2 Å². The molecule has 5 nitrogen and oxygen atoms in total. The smallest absolute Gasteiger partial charge is 0.317 e. The third kappa shape index (κ3) is 2.61. The fourth-order valence-electron chi connectivity index (χ4n) is 1.36. The van der Waals surface area contributed by atoms with Crippen LogP contribution in [0.15, 0.2) is 18.3 Å². The number of nitrogens with zero attached hydrogens (tertiary/aromatic N) is 2. The highest BCUT2D eigenvalue weighted by Gasteiger charge is 2.02. The number of esters is 1. The average Bonchev–Trinajstić information content (AvgIpc) is 2.73. The topological polar surface area (TPSA) is 67.9 Å². The number of hydrogen-bond donors (Lipinski definition) is 1. The van der Waals surface area contributed by atoms with Crippen LogP contribution in [0, 0.1) is 11.8 Å². The van der Waals surface area contributed by atoms with Crippen molar-refractivity contribution in [3.05, 3.63) is 24.0 Å². The second-order valence-corrected chi connectivity index (χ2v) is 3.26. The highest BCUT2D eigenvalue weighted by Crippen LogP contribution is 2.10. The lowest BCUT2D eigenvalue weighted by molar-refractivity contribution is -0.141. The first-order valence-electron chi connectivity index (χ1n) is 5.25. The fraction of sp³-hybridized carbons (Fsp3) is 0.250. The lowest BCUT2D eigenvalue weighted by Crippen LogP contribution is -2.01. The molecule has 2 aromatic rings. The summed E-state index contributed by atoms with van der Waals surface area (Å²) in [5.74, 6) is 5.27. The molecular weight excluding hydrogens is 218 g/mol. The number of pyridine rings is 1. The van der Waals surface area contributed by atoms with E-state index in [0.29, 0.717) is 17.9 Å². The summed E-state index contributed by atoms with van der Waals surface area (Å²) in [6.07, 6.45) is 1.74. The Kier molecular flexibility index (Phi) is 3.36. The van der Waals surface area contributed by atoms with Gasteiger partial charge in [-0.2, -0.15) is 5.10 Å². The number of aromatic amines is 1. The van der Waals surface area contributed by atoms with Gasteiger partial charge in [0.1, 0.15) is 12.1 Å². The van der Waals surface area contributed by atoms with E-state index >= 15 is 0 Å². The van der Waals surface area contributed by atoms with Crippen LogP contribution in [0.4, 0.5) is 0 Å². The summed E-state index contributed by atoms with van der Waals surface area (Å²) in [6.45, 7) is 2.14. The molecule has 0 amide bonds. The molecule has 86 valence electrons. The lowest BCUT2D eigenvalue weighted by Gasteiger charge is -1.94. The molecule has 0 aliphatic heterocycles. The summed E-state index contributed by atoms with van der Waals surface area (Å²) >= 11 is 0. The highest BCUT2D eigenvalue weighted by atomic mass is 16.5. The monoisotopic (exact) mass is 229 g/mol. The summed E-state index contributed by atoms with van der Waals surface area (Å²) in [6, 6.07) is 3.69. The van der Waals surface area contributed by atoms with Crippen LogP contribution in [0.1, 0.15) is 19.0 Å². The normalized spacial score (nSPS) is 9.71. The van der Waals surface area contributed by atoms with Crippen molar-refractivity contribution in [2.45, 2.75) is 13.3 Å². The van der Waals surface area contributed by atoms with Crippen molar-refractivity contribution in [2.24, 2.45) is 0 Å². The number of H-pyrrole nitrogens is 1. The molecule has 2 aromatic heterocycles. The van der Waals surface area contributed by atoms with E-state index in [2.05, 4.69) is 27.0 Å². The predicted octanol–water partition coefficient (Wildman–Crippen LogP) is 1.26. The SMILES string of the molecule is CCOC(=O)CC#Cc1[nH]nc2ncccc12. The van der Waals surface area contributed by atoms with Crippen LogP contribution in [0.25, 0.3) is 11.0 Å². The number of carbonyl (C=O) groups excluding carboxylic acids is 1. The second kappa shape index (κ2) is 5.12. The third-order valence-electron chi connectivity index (χ3n) is 2.08. The third-order valence-corrected chi connectivity index (χ3v) is 2.08. The van der Waals surface area contributed by atoms with Crippen LogP contribution in [-0.4, -0.2) is 27.8 Å². The van der Waals surface area contributed by atoms with Crippen LogP contribution in [-0.2, 0) is 9.53 Å². The van der Waals surface area contributed by atoms with Gasteiger partial charge in [0.15, 0.2) is 5.65 Å². The number of hydrogen-bond acceptors (Lipinski definition) is 4. The first kappa shape index (κ1) is 11.1. The average molecular weight is 229 g/mol. The number of ether oxygens (including phenoxy) is 1. The highest BCUT2D eigenvalue weighted by molar-refractivity contribution is 5.80. The van der Waals surface area contributed by atoms with Crippen LogP contribution < -0.4 is 0 Å². The minimum Gasteiger partial charge on any atom is -0.465 e. The Balaban J connectivity index is 2.14. The number of fused-ring (bicyclic) bond motifs is 1. The minimum absolute atomic E-state index is 0.0780. The molecule has 2 rings (SSSR count). The summed E-state index contributed by atoms with van der Waals surface area (Å²) in [4.78, 5) is 15.1.